The highest BCUT2D eigenvalue weighted by Gasteiger charge is 2.12. The highest BCUT2D eigenvalue weighted by Crippen LogP contribution is 2.26. The Kier molecular flexibility index (Phi) is 3.82. The van der Waals surface area contributed by atoms with E-state index in [1.165, 1.54) is 4.52 Å². The minimum absolute atomic E-state index is 0.0806. The predicted octanol–water partition coefficient (Wildman–Crippen LogP) is 3.29. The molecule has 0 amide bonds. The van der Waals surface area contributed by atoms with Crippen LogP contribution in [0.25, 0.3) is 16.8 Å². The number of fused-ring (bicyclic) bond motifs is 1. The SMILES string of the molecule is COc1cccc(-c2c[nH]n3c(=O)c(Cc4ccccc4)cnc23)c1. The van der Waals surface area contributed by atoms with Gasteiger partial charge in [0.15, 0.2) is 5.65 Å². The lowest BCUT2D eigenvalue weighted by Gasteiger charge is -2.04. The van der Waals surface area contributed by atoms with Crippen LogP contribution in [0.4, 0.5) is 0 Å². The van der Waals surface area contributed by atoms with E-state index in [1.807, 2.05) is 54.6 Å². The van der Waals surface area contributed by atoms with E-state index < -0.39 is 0 Å². The fourth-order valence-electron chi connectivity index (χ4n) is 2.94. The quantitative estimate of drug-likeness (QED) is 0.624. The number of benzene rings is 2. The Labute approximate surface area is 144 Å². The Morgan fingerprint density at radius 3 is 2.76 bits per heavy atom. The highest BCUT2D eigenvalue weighted by molar-refractivity contribution is 5.77. The molecule has 25 heavy (non-hydrogen) atoms. The maximum absolute atomic E-state index is 12.8. The second-order valence-corrected chi connectivity index (χ2v) is 5.83. The van der Waals surface area contributed by atoms with Crippen molar-refractivity contribution in [2.45, 2.75) is 6.42 Å². The lowest BCUT2D eigenvalue weighted by molar-refractivity contribution is 0.415. The normalized spacial score (nSPS) is 10.9. The van der Waals surface area contributed by atoms with Crippen LogP contribution in [0.15, 0.2) is 71.8 Å². The van der Waals surface area contributed by atoms with Crippen molar-refractivity contribution in [1.82, 2.24) is 14.6 Å². The average Bonchev–Trinajstić information content (AvgIpc) is 3.10. The van der Waals surface area contributed by atoms with Gasteiger partial charge in [-0.25, -0.2) is 9.50 Å². The largest absolute Gasteiger partial charge is 0.497 e. The van der Waals surface area contributed by atoms with Gasteiger partial charge in [0.25, 0.3) is 5.56 Å². The van der Waals surface area contributed by atoms with Crippen LogP contribution in [0.5, 0.6) is 5.75 Å². The first kappa shape index (κ1) is 15.2. The summed E-state index contributed by atoms with van der Waals surface area (Å²) < 4.78 is 6.77. The number of aromatic amines is 1. The first-order valence-corrected chi connectivity index (χ1v) is 8.02. The lowest BCUT2D eigenvalue weighted by Crippen LogP contribution is -2.19. The van der Waals surface area contributed by atoms with Crippen LogP contribution in [0.1, 0.15) is 11.1 Å². The summed E-state index contributed by atoms with van der Waals surface area (Å²) in [6.07, 6.45) is 4.02. The number of hydrogen-bond donors (Lipinski definition) is 1. The summed E-state index contributed by atoms with van der Waals surface area (Å²) in [7, 11) is 1.63. The van der Waals surface area contributed by atoms with Crippen molar-refractivity contribution in [3.63, 3.8) is 0 Å². The molecule has 0 radical (unpaired) electrons. The first-order chi connectivity index (χ1) is 12.3. The number of methoxy groups -OCH3 is 1. The van der Waals surface area contributed by atoms with Gasteiger partial charge in [-0.15, -0.1) is 0 Å². The molecule has 5 nitrogen and oxygen atoms in total. The fourth-order valence-corrected chi connectivity index (χ4v) is 2.94. The summed E-state index contributed by atoms with van der Waals surface area (Å²) >= 11 is 0. The molecule has 4 aromatic rings. The molecule has 1 N–H and O–H groups in total. The van der Waals surface area contributed by atoms with Gasteiger partial charge >= 0.3 is 0 Å². The Morgan fingerprint density at radius 2 is 1.96 bits per heavy atom. The van der Waals surface area contributed by atoms with Gasteiger partial charge in [0.05, 0.1) is 7.11 Å². The Balaban J connectivity index is 1.78. The van der Waals surface area contributed by atoms with Gasteiger partial charge in [-0.1, -0.05) is 42.5 Å². The Bertz CT molecular complexity index is 1080. The van der Waals surface area contributed by atoms with E-state index in [-0.39, 0.29) is 5.56 Å². The highest BCUT2D eigenvalue weighted by atomic mass is 16.5. The van der Waals surface area contributed by atoms with E-state index in [4.69, 9.17) is 4.74 Å². The number of nitrogens with one attached hydrogen (secondary N) is 1. The van der Waals surface area contributed by atoms with Gasteiger partial charge in [0.1, 0.15) is 5.75 Å². The van der Waals surface area contributed by atoms with Crippen LogP contribution in [0.2, 0.25) is 0 Å². The number of nitrogens with zero attached hydrogens (tertiary/aromatic N) is 2. The van der Waals surface area contributed by atoms with E-state index in [0.717, 1.165) is 22.4 Å². The third-order valence-electron chi connectivity index (χ3n) is 4.23. The molecule has 4 rings (SSSR count). The summed E-state index contributed by atoms with van der Waals surface area (Å²) in [5, 5.41) is 3.02. The predicted molar refractivity (Wildman–Crippen MR) is 97.0 cm³/mol. The fraction of sp³-hybridized carbons (Fsp3) is 0.100. The van der Waals surface area contributed by atoms with E-state index in [0.29, 0.717) is 17.6 Å². The van der Waals surface area contributed by atoms with E-state index in [1.54, 1.807) is 19.5 Å². The van der Waals surface area contributed by atoms with Gasteiger partial charge in [0.2, 0.25) is 0 Å². The van der Waals surface area contributed by atoms with Crippen LogP contribution < -0.4 is 10.3 Å². The molecule has 0 bridgehead atoms. The van der Waals surface area contributed by atoms with E-state index >= 15 is 0 Å². The van der Waals surface area contributed by atoms with Crippen molar-refractivity contribution >= 4 is 5.65 Å². The monoisotopic (exact) mass is 331 g/mol. The summed E-state index contributed by atoms with van der Waals surface area (Å²) in [6.45, 7) is 0. The third kappa shape index (κ3) is 2.80. The van der Waals surface area contributed by atoms with Crippen molar-refractivity contribution in [3.8, 4) is 16.9 Å². The zero-order valence-electron chi connectivity index (χ0n) is 13.8. The first-order valence-electron chi connectivity index (χ1n) is 8.02. The number of aromatic nitrogens is 3. The van der Waals surface area contributed by atoms with Gasteiger partial charge < -0.3 is 4.74 Å². The Hall–Kier alpha value is -3.34. The van der Waals surface area contributed by atoms with Crippen molar-refractivity contribution < 1.29 is 4.74 Å². The molecule has 0 saturated heterocycles. The standard InChI is InChI=1S/C20H17N3O2/c1-25-17-9-5-8-15(11-17)18-13-22-23-19(18)21-12-16(20(23)24)10-14-6-3-2-4-7-14/h2-9,11-13,22H,10H2,1H3. The van der Waals surface area contributed by atoms with Gasteiger partial charge in [-0.2, -0.15) is 0 Å². The van der Waals surface area contributed by atoms with Crippen molar-refractivity contribution in [1.29, 1.82) is 0 Å². The molecule has 0 saturated carbocycles. The zero-order chi connectivity index (χ0) is 17.2. The molecule has 5 heteroatoms. The maximum Gasteiger partial charge on any atom is 0.276 e. The molecule has 0 aliphatic heterocycles. The molecule has 124 valence electrons. The van der Waals surface area contributed by atoms with Crippen LogP contribution in [0.3, 0.4) is 0 Å². The minimum Gasteiger partial charge on any atom is -0.497 e. The summed E-state index contributed by atoms with van der Waals surface area (Å²) in [6, 6.07) is 17.6. The molecular weight excluding hydrogens is 314 g/mol. The molecule has 0 aliphatic carbocycles. The molecule has 0 unspecified atom stereocenters. The van der Waals surface area contributed by atoms with Crippen LogP contribution >= 0.6 is 0 Å². The van der Waals surface area contributed by atoms with Crippen molar-refractivity contribution in [2.75, 3.05) is 7.11 Å². The van der Waals surface area contributed by atoms with E-state index in [9.17, 15) is 4.79 Å². The number of ether oxygens (including phenoxy) is 1. The summed E-state index contributed by atoms with van der Waals surface area (Å²) in [5.41, 5.74) is 4.07. The molecule has 0 aliphatic rings. The second kappa shape index (κ2) is 6.28. The minimum atomic E-state index is -0.0806. The van der Waals surface area contributed by atoms with Crippen LogP contribution in [0, 0.1) is 0 Å². The molecule has 0 fully saturated rings. The lowest BCUT2D eigenvalue weighted by atomic mass is 10.1. The average molecular weight is 331 g/mol. The molecular formula is C20H17N3O2. The van der Waals surface area contributed by atoms with Crippen LogP contribution in [-0.4, -0.2) is 21.7 Å². The summed E-state index contributed by atoms with van der Waals surface area (Å²) in [4.78, 5) is 17.3. The number of H-pyrrole nitrogens is 1. The number of rotatable bonds is 4. The third-order valence-corrected chi connectivity index (χ3v) is 4.23. The van der Waals surface area contributed by atoms with Gasteiger partial charge in [0, 0.05) is 29.9 Å². The molecule has 0 spiro atoms. The van der Waals surface area contributed by atoms with Gasteiger partial charge in [-0.05, 0) is 23.3 Å². The maximum atomic E-state index is 12.8. The summed E-state index contributed by atoms with van der Waals surface area (Å²) in [5.74, 6) is 0.764. The molecule has 2 aromatic heterocycles. The molecule has 0 atom stereocenters. The number of hydrogen-bond acceptors (Lipinski definition) is 3. The Morgan fingerprint density at radius 1 is 1.12 bits per heavy atom. The second-order valence-electron chi connectivity index (χ2n) is 5.83. The zero-order valence-corrected chi connectivity index (χ0v) is 13.8. The van der Waals surface area contributed by atoms with Crippen molar-refractivity contribution in [3.05, 3.63) is 88.5 Å². The van der Waals surface area contributed by atoms with E-state index in [2.05, 4.69) is 10.1 Å². The topological polar surface area (TPSA) is 59.4 Å². The van der Waals surface area contributed by atoms with Crippen LogP contribution in [-0.2, 0) is 6.42 Å². The van der Waals surface area contributed by atoms with Gasteiger partial charge in [-0.3, -0.25) is 9.89 Å². The molecule has 2 heterocycles. The smallest absolute Gasteiger partial charge is 0.276 e. The van der Waals surface area contributed by atoms with Crippen molar-refractivity contribution in [2.24, 2.45) is 0 Å². The molecule has 2 aromatic carbocycles.